The molecule has 0 bridgehead atoms. The molecule has 1 rings (SSSR count). The van der Waals surface area contributed by atoms with Crippen LogP contribution in [0.25, 0.3) is 0 Å². The number of aliphatic hydroxyl groups excluding tert-OH is 1. The molecule has 0 radical (unpaired) electrons. The zero-order chi connectivity index (χ0) is 12.8. The first-order chi connectivity index (χ1) is 8.13. The molecule has 1 aliphatic heterocycles. The predicted octanol–water partition coefficient (Wildman–Crippen LogP) is 1.76. The van der Waals surface area contributed by atoms with Crippen LogP contribution in [0.2, 0.25) is 9.45 Å². The van der Waals surface area contributed by atoms with Crippen LogP contribution < -0.4 is 0 Å². The Morgan fingerprint density at radius 3 is 1.88 bits per heavy atom. The summed E-state index contributed by atoms with van der Waals surface area (Å²) in [6, 6.07) is 0. The van der Waals surface area contributed by atoms with E-state index in [1.807, 2.05) is 20.8 Å². The molecule has 0 saturated carbocycles. The number of rotatable bonds is 10. The second-order valence-corrected chi connectivity index (χ2v) is 11.3. The Morgan fingerprint density at radius 2 is 1.59 bits per heavy atom. The average Bonchev–Trinajstić information content (AvgIpc) is 3.03. The van der Waals surface area contributed by atoms with Crippen molar-refractivity contribution < 1.29 is 36.3 Å². The van der Waals surface area contributed by atoms with Gasteiger partial charge in [-0.3, -0.25) is 0 Å². The van der Waals surface area contributed by atoms with E-state index in [0.29, 0.717) is 29.3 Å². The number of hydrogen-bond acceptors (Lipinski definition) is 5. The van der Waals surface area contributed by atoms with Crippen molar-refractivity contribution >= 4 is 0 Å². The molecule has 0 aromatic carbocycles. The van der Waals surface area contributed by atoms with E-state index in [0.717, 1.165) is 6.61 Å². The van der Waals surface area contributed by atoms with Gasteiger partial charge in [-0.1, -0.05) is 0 Å². The van der Waals surface area contributed by atoms with Crippen molar-refractivity contribution in [1.29, 1.82) is 0 Å². The summed E-state index contributed by atoms with van der Waals surface area (Å²) in [6.07, 6.45) is 0.184. The van der Waals surface area contributed by atoms with E-state index >= 15 is 0 Å². The zero-order valence-electron chi connectivity index (χ0n) is 11.1. The van der Waals surface area contributed by atoms with Gasteiger partial charge in [0, 0.05) is 0 Å². The van der Waals surface area contributed by atoms with Crippen LogP contribution in [0, 0.1) is 0 Å². The summed E-state index contributed by atoms with van der Waals surface area (Å²) in [4.78, 5) is 0. The molecule has 0 aromatic rings. The van der Waals surface area contributed by atoms with Gasteiger partial charge in [-0.25, -0.2) is 0 Å². The monoisotopic (exact) mass is 285 g/mol. The second-order valence-electron chi connectivity index (χ2n) is 4.30. The third-order valence-electron chi connectivity index (χ3n) is 3.02. The van der Waals surface area contributed by atoms with Crippen molar-refractivity contribution in [3.05, 3.63) is 0 Å². The number of aliphatic hydroxyl groups is 1. The second kappa shape index (κ2) is 6.61. The van der Waals surface area contributed by atoms with Crippen molar-refractivity contribution in [2.24, 2.45) is 0 Å². The summed E-state index contributed by atoms with van der Waals surface area (Å²) in [5, 5.41) is 9.35. The minimum atomic E-state index is -3.98. The van der Waals surface area contributed by atoms with E-state index in [9.17, 15) is 5.11 Å². The van der Waals surface area contributed by atoms with Crippen LogP contribution in [0.1, 0.15) is 20.8 Å². The quantitative estimate of drug-likeness (QED) is 0.489. The Kier molecular flexibility index (Phi) is 6.06. The van der Waals surface area contributed by atoms with E-state index in [1.165, 1.54) is 0 Å². The zero-order valence-corrected chi connectivity index (χ0v) is 12.7. The van der Waals surface area contributed by atoms with Gasteiger partial charge in [0.1, 0.15) is 0 Å². The van der Waals surface area contributed by atoms with Crippen molar-refractivity contribution in [3.63, 3.8) is 0 Å². The molecule has 1 aliphatic rings. The molecule has 1 saturated heterocycles. The maximum atomic E-state index is 9.35. The van der Waals surface area contributed by atoms with Gasteiger partial charge in [-0.15, -0.1) is 0 Å². The molecular weight excluding hydrogens is 260 g/mol. The molecule has 1 unspecified atom stereocenters. The molecule has 0 aliphatic carbocycles. The third kappa shape index (κ3) is 3.99. The number of ether oxygens (including phenoxy) is 1. The van der Waals surface area contributed by atoms with E-state index in [1.54, 1.807) is 0 Å². The predicted molar refractivity (Wildman–Crippen MR) is 61.3 cm³/mol. The molecule has 0 aromatic heterocycles. The fourth-order valence-corrected chi connectivity index (χ4v) is 9.80. The molecule has 1 heterocycles. The van der Waals surface area contributed by atoms with E-state index in [2.05, 4.69) is 0 Å². The number of hydrogen-bond donors (Lipinski definition) is 1. The summed E-state index contributed by atoms with van der Waals surface area (Å²) < 4.78 is 24.5. The van der Waals surface area contributed by atoms with Gasteiger partial charge in [0.05, 0.1) is 0 Å². The van der Waals surface area contributed by atoms with Gasteiger partial charge in [-0.05, 0) is 0 Å². The Balaban J connectivity index is 2.92. The average molecular weight is 285 g/mol. The molecule has 1 atom stereocenters. The van der Waals surface area contributed by atoms with Crippen LogP contribution in [0.4, 0.5) is 0 Å². The van der Waals surface area contributed by atoms with Crippen LogP contribution in [0.15, 0.2) is 0 Å². The summed E-state index contributed by atoms with van der Waals surface area (Å²) in [6.45, 7) is 8.23. The Hall–Kier alpha value is 0.514. The first kappa shape index (κ1) is 15.6. The van der Waals surface area contributed by atoms with Crippen LogP contribution in [-0.4, -0.2) is 44.2 Å². The van der Waals surface area contributed by atoms with Crippen LogP contribution in [0.5, 0.6) is 0 Å². The Labute approximate surface area is 106 Å². The standard InChI is InChI=1S/C3H5O.4C2H5O.Ti/c1-3-2-4-3;4*1-2-3;/h3H,1-2H2;3*2H2,1H3;3H,1-2H2;/q;3*-1;;+3. The van der Waals surface area contributed by atoms with Crippen molar-refractivity contribution in [2.75, 3.05) is 33.0 Å². The summed E-state index contributed by atoms with van der Waals surface area (Å²) in [7, 11) is 0. The van der Waals surface area contributed by atoms with Gasteiger partial charge < -0.3 is 0 Å². The number of epoxide rings is 1. The van der Waals surface area contributed by atoms with Crippen molar-refractivity contribution in [1.82, 2.24) is 0 Å². The molecule has 5 nitrogen and oxygen atoms in total. The Bertz CT molecular complexity index is 196. The molecule has 0 spiro atoms. The van der Waals surface area contributed by atoms with Gasteiger partial charge in [-0.2, -0.15) is 0 Å². The van der Waals surface area contributed by atoms with Crippen LogP contribution >= 0.6 is 0 Å². The van der Waals surface area contributed by atoms with Gasteiger partial charge in [0.25, 0.3) is 0 Å². The fraction of sp³-hybridized carbons (Fsp3) is 1.00. The Morgan fingerprint density at radius 1 is 1.12 bits per heavy atom. The van der Waals surface area contributed by atoms with Crippen molar-refractivity contribution in [2.45, 2.75) is 36.3 Å². The summed E-state index contributed by atoms with van der Waals surface area (Å²) in [5.74, 6) is 0. The molecule has 103 valence electrons. The SMILES string of the molecule is CC[O][Ti]([CH2]CO)([CH2]C1CO1)([O]CC)[O]CC. The van der Waals surface area contributed by atoms with Gasteiger partial charge >= 0.3 is 106 Å². The van der Waals surface area contributed by atoms with Gasteiger partial charge in [0.2, 0.25) is 0 Å². The molecule has 0 amide bonds. The minimum absolute atomic E-state index is 0.0317. The molecule has 1 fully saturated rings. The van der Waals surface area contributed by atoms with Crippen LogP contribution in [-0.2, 0) is 31.2 Å². The molecule has 6 heteroatoms. The molecule has 17 heavy (non-hydrogen) atoms. The molecular formula is C11H25O5Ti. The first-order valence-corrected chi connectivity index (χ1v) is 10.6. The molecule has 1 N–H and O–H groups in total. The normalized spacial score (nSPS) is 22.1. The van der Waals surface area contributed by atoms with Crippen molar-refractivity contribution in [3.8, 4) is 0 Å². The van der Waals surface area contributed by atoms with E-state index in [-0.39, 0.29) is 12.7 Å². The topological polar surface area (TPSA) is 60.5 Å². The maximum absolute atomic E-state index is 9.35. The third-order valence-corrected chi connectivity index (χ3v) is 11.2. The summed E-state index contributed by atoms with van der Waals surface area (Å²) >= 11 is -3.98. The first-order valence-electron chi connectivity index (χ1n) is 6.46. The van der Waals surface area contributed by atoms with E-state index < -0.39 is 16.5 Å². The van der Waals surface area contributed by atoms with Gasteiger partial charge in [0.15, 0.2) is 0 Å². The fourth-order valence-electron chi connectivity index (χ4n) is 2.43. The van der Waals surface area contributed by atoms with Crippen LogP contribution in [0.3, 0.4) is 0 Å². The summed E-state index contributed by atoms with van der Waals surface area (Å²) in [5.41, 5.74) is 0. The van der Waals surface area contributed by atoms with E-state index in [4.69, 9.17) is 14.7 Å².